The molecule has 1 unspecified atom stereocenters. The van der Waals surface area contributed by atoms with Gasteiger partial charge in [0.25, 0.3) is 5.91 Å². The normalized spacial score (nSPS) is 18.2. The number of likely N-dealkylation sites (tertiary alicyclic amines) is 1. The lowest BCUT2D eigenvalue weighted by Crippen LogP contribution is -2.40. The summed E-state index contributed by atoms with van der Waals surface area (Å²) in [5, 5.41) is 4.93. The molecule has 3 aromatic rings. The van der Waals surface area contributed by atoms with Crippen molar-refractivity contribution in [1.29, 1.82) is 0 Å². The second-order valence-corrected chi connectivity index (χ2v) is 6.21. The molecule has 0 saturated carbocycles. The molecule has 1 aliphatic heterocycles. The molecule has 0 bridgehead atoms. The Morgan fingerprint density at radius 1 is 1.38 bits per heavy atom. The molecule has 0 spiro atoms. The fourth-order valence-electron chi connectivity index (χ4n) is 3.41. The zero-order valence-corrected chi connectivity index (χ0v) is 13.4. The molecule has 1 aromatic carbocycles. The summed E-state index contributed by atoms with van der Waals surface area (Å²) in [6.45, 7) is 3.06. The maximum Gasteiger partial charge on any atom is 0.289 e. The monoisotopic (exact) mass is 327 g/mol. The number of fused-ring (bicyclic) bond motifs is 1. The largest absolute Gasteiger partial charge is 0.448 e. The molecule has 3 heterocycles. The number of furan rings is 1. The van der Waals surface area contributed by atoms with Gasteiger partial charge >= 0.3 is 0 Å². The van der Waals surface area contributed by atoms with E-state index >= 15 is 0 Å². The summed E-state index contributed by atoms with van der Waals surface area (Å²) in [6, 6.07) is 6.79. The number of hydrogen-bond acceptors (Lipinski definition) is 3. The van der Waals surface area contributed by atoms with Crippen LogP contribution >= 0.6 is 0 Å². The summed E-state index contributed by atoms with van der Waals surface area (Å²) in [4.78, 5) is 14.7. The Labute approximate surface area is 138 Å². The van der Waals surface area contributed by atoms with Crippen LogP contribution in [0.3, 0.4) is 0 Å². The lowest BCUT2D eigenvalue weighted by atomic mass is 10.0. The Kier molecular flexibility index (Phi) is 3.59. The van der Waals surface area contributed by atoms with Crippen molar-refractivity contribution in [3.63, 3.8) is 0 Å². The number of amides is 1. The van der Waals surface area contributed by atoms with Gasteiger partial charge in [-0.3, -0.25) is 9.48 Å². The molecule has 5 nitrogen and oxygen atoms in total. The third-order valence-corrected chi connectivity index (χ3v) is 4.69. The van der Waals surface area contributed by atoms with Gasteiger partial charge in [0.05, 0.1) is 6.04 Å². The molecule has 6 heteroatoms. The molecule has 0 N–H and O–H groups in total. The van der Waals surface area contributed by atoms with E-state index in [1.54, 1.807) is 30.2 Å². The highest BCUT2D eigenvalue weighted by Crippen LogP contribution is 2.29. The smallest absolute Gasteiger partial charge is 0.289 e. The van der Waals surface area contributed by atoms with Gasteiger partial charge in [0, 0.05) is 36.4 Å². The summed E-state index contributed by atoms with van der Waals surface area (Å²) in [5.41, 5.74) is 0.842. The number of halogens is 1. The van der Waals surface area contributed by atoms with E-state index in [0.29, 0.717) is 24.0 Å². The quantitative estimate of drug-likeness (QED) is 0.723. The zero-order valence-electron chi connectivity index (χ0n) is 13.4. The molecule has 1 saturated heterocycles. The highest BCUT2D eigenvalue weighted by Gasteiger charge is 2.29. The van der Waals surface area contributed by atoms with Crippen LogP contribution in [0.4, 0.5) is 4.39 Å². The van der Waals surface area contributed by atoms with Crippen molar-refractivity contribution in [2.75, 3.05) is 13.1 Å². The molecule has 1 fully saturated rings. The maximum atomic E-state index is 13.9. The van der Waals surface area contributed by atoms with Gasteiger partial charge in [0.2, 0.25) is 0 Å². The molecule has 1 aliphatic rings. The van der Waals surface area contributed by atoms with Gasteiger partial charge in [0.15, 0.2) is 17.2 Å². The van der Waals surface area contributed by atoms with Crippen molar-refractivity contribution in [2.45, 2.75) is 25.8 Å². The number of para-hydroxylation sites is 1. The molecule has 0 aliphatic carbocycles. The minimum atomic E-state index is -0.442. The molecule has 1 atom stereocenters. The number of carbonyl (C=O) groups is 1. The molecular formula is C18H18FN3O2. The van der Waals surface area contributed by atoms with Gasteiger partial charge in [-0.1, -0.05) is 12.1 Å². The van der Waals surface area contributed by atoms with E-state index in [1.807, 2.05) is 16.9 Å². The minimum Gasteiger partial charge on any atom is -0.448 e. The molecular weight excluding hydrogens is 309 g/mol. The van der Waals surface area contributed by atoms with Crippen LogP contribution in [0, 0.1) is 12.7 Å². The predicted molar refractivity (Wildman–Crippen MR) is 87.3 cm³/mol. The van der Waals surface area contributed by atoms with Crippen molar-refractivity contribution in [3.8, 4) is 0 Å². The second-order valence-electron chi connectivity index (χ2n) is 6.21. The molecule has 1 amide bonds. The number of carbonyl (C=O) groups excluding carboxylic acids is 1. The number of nitrogens with zero attached hydrogens (tertiary/aromatic N) is 3. The average molecular weight is 327 g/mol. The Morgan fingerprint density at radius 3 is 3.00 bits per heavy atom. The number of benzene rings is 1. The third kappa shape index (κ3) is 2.38. The molecule has 0 radical (unpaired) electrons. The van der Waals surface area contributed by atoms with E-state index < -0.39 is 5.82 Å². The van der Waals surface area contributed by atoms with Gasteiger partial charge in [-0.2, -0.15) is 5.10 Å². The minimum absolute atomic E-state index is 0.152. The van der Waals surface area contributed by atoms with E-state index in [9.17, 15) is 9.18 Å². The first kappa shape index (κ1) is 14.9. The summed E-state index contributed by atoms with van der Waals surface area (Å²) < 4.78 is 21.4. The first-order valence-electron chi connectivity index (χ1n) is 8.11. The van der Waals surface area contributed by atoms with Crippen molar-refractivity contribution < 1.29 is 13.6 Å². The van der Waals surface area contributed by atoms with E-state index in [1.165, 1.54) is 6.07 Å². The predicted octanol–water partition coefficient (Wildman–Crippen LogP) is 3.55. The first-order valence-corrected chi connectivity index (χ1v) is 8.11. The van der Waals surface area contributed by atoms with Crippen LogP contribution in [-0.4, -0.2) is 33.7 Å². The van der Waals surface area contributed by atoms with Crippen molar-refractivity contribution in [1.82, 2.24) is 14.7 Å². The molecule has 124 valence electrons. The fraction of sp³-hybridized carbons (Fsp3) is 0.333. The summed E-state index contributed by atoms with van der Waals surface area (Å²) in [7, 11) is 0. The maximum absolute atomic E-state index is 13.9. The molecule has 24 heavy (non-hydrogen) atoms. The van der Waals surface area contributed by atoms with Gasteiger partial charge in [-0.05, 0) is 31.9 Å². The second kappa shape index (κ2) is 5.78. The van der Waals surface area contributed by atoms with Crippen LogP contribution in [0.25, 0.3) is 11.0 Å². The van der Waals surface area contributed by atoms with Crippen LogP contribution in [0.5, 0.6) is 0 Å². The average Bonchev–Trinajstić information content (AvgIpc) is 3.24. The van der Waals surface area contributed by atoms with Crippen LogP contribution in [-0.2, 0) is 0 Å². The fourth-order valence-corrected chi connectivity index (χ4v) is 3.41. The number of piperidine rings is 1. The lowest BCUT2D eigenvalue weighted by Gasteiger charge is -2.32. The van der Waals surface area contributed by atoms with Crippen molar-refractivity contribution in [2.24, 2.45) is 0 Å². The summed E-state index contributed by atoms with van der Waals surface area (Å²) in [6.07, 6.45) is 5.55. The Morgan fingerprint density at radius 2 is 2.25 bits per heavy atom. The number of aryl methyl sites for hydroxylation is 1. The first-order chi connectivity index (χ1) is 11.6. The summed E-state index contributed by atoms with van der Waals surface area (Å²) >= 11 is 0. The number of aromatic nitrogens is 2. The van der Waals surface area contributed by atoms with Gasteiger partial charge in [-0.25, -0.2) is 4.39 Å². The lowest BCUT2D eigenvalue weighted by molar-refractivity contribution is 0.0642. The Balaban J connectivity index is 1.64. The topological polar surface area (TPSA) is 51.3 Å². The summed E-state index contributed by atoms with van der Waals surface area (Å²) in [5.74, 6) is -0.390. The van der Waals surface area contributed by atoms with Gasteiger partial charge in [-0.15, -0.1) is 0 Å². The van der Waals surface area contributed by atoms with Gasteiger partial charge in [0.1, 0.15) is 0 Å². The van der Waals surface area contributed by atoms with E-state index in [4.69, 9.17) is 4.42 Å². The molecule has 2 aromatic heterocycles. The molecule has 4 rings (SSSR count). The zero-order chi connectivity index (χ0) is 16.7. The van der Waals surface area contributed by atoms with Gasteiger partial charge < -0.3 is 9.32 Å². The van der Waals surface area contributed by atoms with E-state index in [2.05, 4.69) is 5.10 Å². The van der Waals surface area contributed by atoms with E-state index in [-0.39, 0.29) is 23.3 Å². The van der Waals surface area contributed by atoms with E-state index in [0.717, 1.165) is 12.8 Å². The standard InChI is InChI=1S/C18H18FN3O2/c1-12-14-6-2-7-15(19)17(14)24-16(12)18(23)21-9-3-5-13(11-21)22-10-4-8-20-22/h2,4,6-8,10,13H,3,5,9,11H2,1H3. The highest BCUT2D eigenvalue weighted by atomic mass is 19.1. The Bertz CT molecular complexity index is 885. The van der Waals surface area contributed by atoms with Crippen LogP contribution in [0.15, 0.2) is 41.1 Å². The third-order valence-electron chi connectivity index (χ3n) is 4.69. The van der Waals surface area contributed by atoms with Crippen molar-refractivity contribution >= 4 is 16.9 Å². The Hall–Kier alpha value is -2.63. The van der Waals surface area contributed by atoms with Crippen LogP contribution in [0.1, 0.15) is 35.0 Å². The van der Waals surface area contributed by atoms with Crippen molar-refractivity contribution in [3.05, 3.63) is 53.8 Å². The SMILES string of the molecule is Cc1c(C(=O)N2CCCC(n3cccn3)C2)oc2c(F)cccc12. The number of hydrogen-bond donors (Lipinski definition) is 0. The number of rotatable bonds is 2. The van der Waals surface area contributed by atoms with Crippen LogP contribution < -0.4 is 0 Å². The highest BCUT2D eigenvalue weighted by molar-refractivity contribution is 5.99. The van der Waals surface area contributed by atoms with Crippen LogP contribution in [0.2, 0.25) is 0 Å².